The maximum Gasteiger partial charge on any atom is 0.00700 e. The van der Waals surface area contributed by atoms with Crippen molar-refractivity contribution in [1.82, 2.24) is 5.32 Å². The average molecular weight is 223 g/mol. The molecule has 1 N–H and O–H groups in total. The second-order valence-electron chi connectivity index (χ2n) is 6.55. The van der Waals surface area contributed by atoms with Crippen LogP contribution in [0.15, 0.2) is 0 Å². The molecule has 3 atom stereocenters. The van der Waals surface area contributed by atoms with Crippen molar-refractivity contribution in [2.45, 2.75) is 71.8 Å². The average Bonchev–Trinajstić information content (AvgIpc) is 2.22. The predicted octanol–water partition coefficient (Wildman–Crippen LogP) is 3.98. The van der Waals surface area contributed by atoms with Gasteiger partial charge in [0.25, 0.3) is 0 Å². The zero-order valence-electron chi connectivity index (χ0n) is 11.4. The van der Waals surface area contributed by atoms with Crippen LogP contribution in [0.25, 0.3) is 0 Å². The minimum atomic E-state index is 0.687. The van der Waals surface area contributed by atoms with E-state index < -0.39 is 0 Å². The monoisotopic (exact) mass is 223 g/mol. The van der Waals surface area contributed by atoms with Crippen molar-refractivity contribution in [1.29, 1.82) is 0 Å². The highest BCUT2D eigenvalue weighted by atomic mass is 14.9. The molecule has 0 aromatic rings. The Labute approximate surface area is 101 Å². The molecule has 0 radical (unpaired) electrons. The Kier molecular flexibility index (Phi) is 3.94. The standard InChI is InChI=1S/C15H29N/c1-4-15(8-5-9-15)11-16-14-7-6-12(2)13(3)10-14/h12-14,16H,4-11H2,1-3H3. The molecular weight excluding hydrogens is 194 g/mol. The molecule has 2 rings (SSSR count). The summed E-state index contributed by atoms with van der Waals surface area (Å²) in [6, 6.07) is 0.815. The third-order valence-corrected chi connectivity index (χ3v) is 5.53. The second-order valence-corrected chi connectivity index (χ2v) is 6.55. The Morgan fingerprint density at radius 1 is 1.12 bits per heavy atom. The summed E-state index contributed by atoms with van der Waals surface area (Å²) in [4.78, 5) is 0. The fraction of sp³-hybridized carbons (Fsp3) is 1.00. The van der Waals surface area contributed by atoms with Crippen molar-refractivity contribution in [2.24, 2.45) is 17.3 Å². The lowest BCUT2D eigenvalue weighted by Gasteiger charge is -2.43. The summed E-state index contributed by atoms with van der Waals surface area (Å²) in [5.74, 6) is 1.87. The molecule has 16 heavy (non-hydrogen) atoms. The van der Waals surface area contributed by atoms with Crippen LogP contribution in [-0.4, -0.2) is 12.6 Å². The van der Waals surface area contributed by atoms with Crippen molar-refractivity contribution in [2.75, 3.05) is 6.54 Å². The zero-order chi connectivity index (χ0) is 11.6. The molecule has 0 aromatic carbocycles. The summed E-state index contributed by atoms with van der Waals surface area (Å²) < 4.78 is 0. The van der Waals surface area contributed by atoms with Crippen LogP contribution >= 0.6 is 0 Å². The normalized spacial score (nSPS) is 38.1. The molecule has 2 aliphatic rings. The predicted molar refractivity (Wildman–Crippen MR) is 70.5 cm³/mol. The smallest absolute Gasteiger partial charge is 0.00700 e. The summed E-state index contributed by atoms with van der Waals surface area (Å²) in [7, 11) is 0. The molecule has 0 bridgehead atoms. The lowest BCUT2D eigenvalue weighted by molar-refractivity contribution is 0.109. The summed E-state index contributed by atoms with van der Waals surface area (Å²) in [5.41, 5.74) is 0.687. The van der Waals surface area contributed by atoms with E-state index in [9.17, 15) is 0 Å². The summed E-state index contributed by atoms with van der Waals surface area (Å²) in [6.07, 6.45) is 10.0. The molecule has 0 aromatic heterocycles. The minimum absolute atomic E-state index is 0.687. The van der Waals surface area contributed by atoms with E-state index in [0.29, 0.717) is 5.41 Å². The molecule has 2 fully saturated rings. The maximum absolute atomic E-state index is 3.87. The van der Waals surface area contributed by atoms with Crippen LogP contribution < -0.4 is 5.32 Å². The molecule has 1 nitrogen and oxygen atoms in total. The van der Waals surface area contributed by atoms with Gasteiger partial charge in [-0.05, 0) is 55.8 Å². The Balaban J connectivity index is 1.74. The number of nitrogens with one attached hydrogen (secondary N) is 1. The van der Waals surface area contributed by atoms with Gasteiger partial charge in [-0.25, -0.2) is 0 Å². The van der Waals surface area contributed by atoms with Gasteiger partial charge in [-0.2, -0.15) is 0 Å². The van der Waals surface area contributed by atoms with Gasteiger partial charge in [0.15, 0.2) is 0 Å². The molecule has 0 amide bonds. The first-order valence-electron chi connectivity index (χ1n) is 7.38. The number of rotatable bonds is 4. The van der Waals surface area contributed by atoms with Crippen LogP contribution in [0.3, 0.4) is 0 Å². The van der Waals surface area contributed by atoms with Crippen LogP contribution in [0.5, 0.6) is 0 Å². The molecule has 3 unspecified atom stereocenters. The highest BCUT2D eigenvalue weighted by Crippen LogP contribution is 2.43. The van der Waals surface area contributed by atoms with Crippen LogP contribution in [-0.2, 0) is 0 Å². The third kappa shape index (κ3) is 2.61. The quantitative estimate of drug-likeness (QED) is 0.760. The second kappa shape index (κ2) is 5.08. The fourth-order valence-electron chi connectivity index (χ4n) is 3.43. The zero-order valence-corrected chi connectivity index (χ0v) is 11.4. The minimum Gasteiger partial charge on any atom is -0.313 e. The summed E-state index contributed by atoms with van der Waals surface area (Å²) in [6.45, 7) is 8.50. The van der Waals surface area contributed by atoms with Gasteiger partial charge in [0.2, 0.25) is 0 Å². The Morgan fingerprint density at radius 3 is 2.38 bits per heavy atom. The van der Waals surface area contributed by atoms with Gasteiger partial charge < -0.3 is 5.32 Å². The van der Waals surface area contributed by atoms with Gasteiger partial charge in [-0.15, -0.1) is 0 Å². The maximum atomic E-state index is 3.87. The molecule has 94 valence electrons. The van der Waals surface area contributed by atoms with Gasteiger partial charge in [-0.1, -0.05) is 27.2 Å². The van der Waals surface area contributed by atoms with E-state index in [1.165, 1.54) is 51.5 Å². The van der Waals surface area contributed by atoms with Crippen molar-refractivity contribution in [3.05, 3.63) is 0 Å². The van der Waals surface area contributed by atoms with E-state index in [-0.39, 0.29) is 0 Å². The highest BCUT2D eigenvalue weighted by Gasteiger charge is 2.35. The lowest BCUT2D eigenvalue weighted by Crippen LogP contribution is -2.45. The van der Waals surface area contributed by atoms with E-state index in [4.69, 9.17) is 0 Å². The molecule has 0 saturated heterocycles. The molecule has 1 heteroatoms. The van der Waals surface area contributed by atoms with Crippen molar-refractivity contribution in [3.63, 3.8) is 0 Å². The highest BCUT2D eigenvalue weighted by molar-refractivity contribution is 4.90. The van der Waals surface area contributed by atoms with Crippen molar-refractivity contribution >= 4 is 0 Å². The van der Waals surface area contributed by atoms with Crippen molar-refractivity contribution < 1.29 is 0 Å². The largest absolute Gasteiger partial charge is 0.313 e. The van der Waals surface area contributed by atoms with Gasteiger partial charge in [0.05, 0.1) is 0 Å². The molecule has 2 saturated carbocycles. The van der Waals surface area contributed by atoms with E-state index in [1.807, 2.05) is 0 Å². The first-order valence-corrected chi connectivity index (χ1v) is 7.38. The van der Waals surface area contributed by atoms with E-state index in [0.717, 1.165) is 17.9 Å². The first-order chi connectivity index (χ1) is 7.65. The van der Waals surface area contributed by atoms with E-state index >= 15 is 0 Å². The SMILES string of the molecule is CCC1(CNC2CCC(C)C(C)C2)CCC1. The molecule has 0 spiro atoms. The Bertz CT molecular complexity index is 214. The van der Waals surface area contributed by atoms with Crippen molar-refractivity contribution in [3.8, 4) is 0 Å². The molecule has 2 aliphatic carbocycles. The van der Waals surface area contributed by atoms with Gasteiger partial charge >= 0.3 is 0 Å². The van der Waals surface area contributed by atoms with Gasteiger partial charge in [0, 0.05) is 12.6 Å². The Hall–Kier alpha value is -0.0400. The van der Waals surface area contributed by atoms with Crippen LogP contribution in [0.4, 0.5) is 0 Å². The van der Waals surface area contributed by atoms with Crippen LogP contribution in [0.1, 0.15) is 65.7 Å². The Morgan fingerprint density at radius 2 is 1.88 bits per heavy atom. The summed E-state index contributed by atoms with van der Waals surface area (Å²) in [5, 5.41) is 3.87. The summed E-state index contributed by atoms with van der Waals surface area (Å²) >= 11 is 0. The lowest BCUT2D eigenvalue weighted by atomic mass is 9.66. The van der Waals surface area contributed by atoms with Gasteiger partial charge in [-0.3, -0.25) is 0 Å². The fourth-order valence-corrected chi connectivity index (χ4v) is 3.43. The molecule has 0 aliphatic heterocycles. The third-order valence-electron chi connectivity index (χ3n) is 5.53. The number of hydrogen-bond acceptors (Lipinski definition) is 1. The molecular formula is C15H29N. The van der Waals surface area contributed by atoms with E-state index in [1.54, 1.807) is 0 Å². The van der Waals surface area contributed by atoms with Crippen LogP contribution in [0, 0.1) is 17.3 Å². The first kappa shape index (κ1) is 12.4. The van der Waals surface area contributed by atoms with Gasteiger partial charge in [0.1, 0.15) is 0 Å². The number of hydrogen-bond donors (Lipinski definition) is 1. The molecule has 0 heterocycles. The topological polar surface area (TPSA) is 12.0 Å². The van der Waals surface area contributed by atoms with E-state index in [2.05, 4.69) is 26.1 Å². The van der Waals surface area contributed by atoms with Crippen LogP contribution in [0.2, 0.25) is 0 Å².